The van der Waals surface area contributed by atoms with Gasteiger partial charge in [0.05, 0.1) is 0 Å². The molecule has 62 valence electrons. The van der Waals surface area contributed by atoms with Crippen LogP contribution < -0.4 is 5.73 Å². The Kier molecular flexibility index (Phi) is 39.2. The molecule has 0 heterocycles. The third-order valence-corrected chi connectivity index (χ3v) is 0.239. The van der Waals surface area contributed by atoms with Gasteiger partial charge < -0.3 is 10.8 Å². The average molecular weight is 147 g/mol. The van der Waals surface area contributed by atoms with Crippen molar-refractivity contribution in [3.05, 3.63) is 12.3 Å². The van der Waals surface area contributed by atoms with Crippen LogP contribution in [-0.4, -0.2) is 11.1 Å². The molecule has 0 radical (unpaired) electrons. The topological polar surface area (TPSA) is 63.3 Å². The van der Waals surface area contributed by atoms with Crippen molar-refractivity contribution in [2.45, 2.75) is 27.7 Å². The number of hydrogen-bond acceptors (Lipinski definition) is 2. The van der Waals surface area contributed by atoms with Crippen LogP contribution in [-0.2, 0) is 4.79 Å². The fourth-order valence-electron chi connectivity index (χ4n) is 0.0823. The van der Waals surface area contributed by atoms with Gasteiger partial charge in [-0.15, -0.1) is 0 Å². The average Bonchev–Trinajstić information content (AvgIpc) is 1.96. The van der Waals surface area contributed by atoms with Gasteiger partial charge in [0.25, 0.3) is 0 Å². The Hall–Kier alpha value is -0.990. The maximum atomic E-state index is 9.43. The Morgan fingerprint density at radius 1 is 1.30 bits per heavy atom. The molecule has 0 aliphatic heterocycles. The zero-order valence-corrected chi connectivity index (χ0v) is 7.09. The van der Waals surface area contributed by atoms with Crippen LogP contribution in [0.25, 0.3) is 0 Å². The zero-order valence-electron chi connectivity index (χ0n) is 7.09. The number of rotatable bonds is 1. The molecule has 3 N–H and O–H groups in total. The lowest BCUT2D eigenvalue weighted by Crippen LogP contribution is -1.88. The molecule has 0 saturated heterocycles. The molecule has 0 aromatic rings. The van der Waals surface area contributed by atoms with Crippen LogP contribution in [0, 0.1) is 0 Å². The predicted octanol–water partition coefficient (Wildman–Crippen LogP) is 1.60. The van der Waals surface area contributed by atoms with E-state index in [-0.39, 0.29) is 0 Å². The van der Waals surface area contributed by atoms with E-state index in [1.807, 2.05) is 27.7 Å². The van der Waals surface area contributed by atoms with E-state index in [1.54, 1.807) is 0 Å². The first-order valence-electron chi connectivity index (χ1n) is 3.38. The fraction of sp³-hybridized carbons (Fsp3) is 0.571. The van der Waals surface area contributed by atoms with E-state index in [2.05, 4.69) is 5.73 Å². The van der Waals surface area contributed by atoms with Crippen molar-refractivity contribution < 1.29 is 9.90 Å². The van der Waals surface area contributed by atoms with Crippen molar-refractivity contribution in [3.63, 3.8) is 0 Å². The van der Waals surface area contributed by atoms with Gasteiger partial charge in [-0.05, 0) is 0 Å². The highest BCUT2D eigenvalue weighted by Gasteiger charge is 1.77. The summed E-state index contributed by atoms with van der Waals surface area (Å²) in [5, 5.41) is 7.75. The minimum atomic E-state index is -1.02. The molecule has 0 aromatic heterocycles. The second kappa shape index (κ2) is 24.5. The van der Waals surface area contributed by atoms with Gasteiger partial charge >= 0.3 is 5.97 Å². The number of aliphatic carboxylic acids is 1. The largest absolute Gasteiger partial charge is 0.478 e. The number of carbonyl (C=O) groups is 1. The quantitative estimate of drug-likeness (QED) is 0.554. The third-order valence-electron chi connectivity index (χ3n) is 0.239. The molecule has 0 spiro atoms. The first-order chi connectivity index (χ1) is 4.77. The van der Waals surface area contributed by atoms with E-state index in [1.165, 1.54) is 0 Å². The van der Waals surface area contributed by atoms with Gasteiger partial charge in [-0.2, -0.15) is 0 Å². The zero-order chi connectivity index (χ0) is 8.99. The molecule has 0 aromatic carbocycles. The molecule has 0 aliphatic carbocycles. The summed E-state index contributed by atoms with van der Waals surface area (Å²) in [6.45, 7) is 8.00. The highest BCUT2D eigenvalue weighted by atomic mass is 16.4. The van der Waals surface area contributed by atoms with Crippen LogP contribution in [0.2, 0.25) is 0 Å². The Bertz CT molecular complexity index is 79.7. The minimum Gasteiger partial charge on any atom is -0.478 e. The Balaban J connectivity index is -0.000000105. The van der Waals surface area contributed by atoms with Crippen LogP contribution in [0.15, 0.2) is 12.3 Å². The lowest BCUT2D eigenvalue weighted by molar-refractivity contribution is -0.131. The van der Waals surface area contributed by atoms with Gasteiger partial charge in [0, 0.05) is 12.3 Å². The standard InChI is InChI=1S/C3H5NO2.2C2H6/c4-2-1-3(5)6;2*1-2/h1-2H,4H2,(H,5,6);2*1-2H3/b2-1-;;. The van der Waals surface area contributed by atoms with Crippen LogP contribution >= 0.6 is 0 Å². The van der Waals surface area contributed by atoms with Crippen molar-refractivity contribution >= 4 is 5.97 Å². The van der Waals surface area contributed by atoms with Crippen LogP contribution in [0.1, 0.15) is 27.7 Å². The van der Waals surface area contributed by atoms with Crippen molar-refractivity contribution in [1.82, 2.24) is 0 Å². The van der Waals surface area contributed by atoms with Gasteiger partial charge in [0.2, 0.25) is 0 Å². The van der Waals surface area contributed by atoms with E-state index >= 15 is 0 Å². The smallest absolute Gasteiger partial charge is 0.329 e. The van der Waals surface area contributed by atoms with E-state index in [4.69, 9.17) is 5.11 Å². The third kappa shape index (κ3) is 62.7. The molecule has 0 unspecified atom stereocenters. The summed E-state index contributed by atoms with van der Waals surface area (Å²) in [5.74, 6) is -1.02. The van der Waals surface area contributed by atoms with Crippen molar-refractivity contribution in [3.8, 4) is 0 Å². The monoisotopic (exact) mass is 147 g/mol. The molecule has 0 aliphatic rings. The highest BCUT2D eigenvalue weighted by molar-refractivity contribution is 5.79. The van der Waals surface area contributed by atoms with E-state index < -0.39 is 5.97 Å². The van der Waals surface area contributed by atoms with Crippen molar-refractivity contribution in [2.24, 2.45) is 5.73 Å². The van der Waals surface area contributed by atoms with Crippen LogP contribution in [0.5, 0.6) is 0 Å². The molecule has 0 atom stereocenters. The molecule has 0 bridgehead atoms. The van der Waals surface area contributed by atoms with Crippen LogP contribution in [0.3, 0.4) is 0 Å². The normalized spacial score (nSPS) is 6.80. The summed E-state index contributed by atoms with van der Waals surface area (Å²) in [6.07, 6.45) is 1.84. The summed E-state index contributed by atoms with van der Waals surface area (Å²) >= 11 is 0. The van der Waals surface area contributed by atoms with Crippen molar-refractivity contribution in [1.29, 1.82) is 0 Å². The first kappa shape index (κ1) is 16.0. The lowest BCUT2D eigenvalue weighted by atomic mass is 10.6. The Morgan fingerprint density at radius 2 is 1.60 bits per heavy atom. The van der Waals surface area contributed by atoms with Gasteiger partial charge in [-0.25, -0.2) is 4.79 Å². The van der Waals surface area contributed by atoms with Crippen LogP contribution in [0.4, 0.5) is 0 Å². The lowest BCUT2D eigenvalue weighted by Gasteiger charge is -1.69. The van der Waals surface area contributed by atoms with Gasteiger partial charge in [-0.1, -0.05) is 27.7 Å². The van der Waals surface area contributed by atoms with E-state index in [9.17, 15) is 4.79 Å². The Labute approximate surface area is 62.5 Å². The SMILES string of the molecule is CC.CC.N/C=C\C(=O)O. The number of hydrogen-bond donors (Lipinski definition) is 2. The maximum absolute atomic E-state index is 9.43. The van der Waals surface area contributed by atoms with E-state index in [0.29, 0.717) is 0 Å². The molecule has 10 heavy (non-hydrogen) atoms. The molecular formula is C7H17NO2. The Morgan fingerprint density at radius 3 is 1.60 bits per heavy atom. The number of carboxylic acid groups (broad SMARTS) is 1. The van der Waals surface area contributed by atoms with Gasteiger partial charge in [0.15, 0.2) is 0 Å². The van der Waals surface area contributed by atoms with Crippen molar-refractivity contribution in [2.75, 3.05) is 0 Å². The van der Waals surface area contributed by atoms with Gasteiger partial charge in [0.1, 0.15) is 0 Å². The predicted molar refractivity (Wildman–Crippen MR) is 43.7 cm³/mol. The molecule has 0 rings (SSSR count). The maximum Gasteiger partial charge on any atom is 0.329 e. The molecule has 0 saturated carbocycles. The molecule has 3 nitrogen and oxygen atoms in total. The number of nitrogens with two attached hydrogens (primary N) is 1. The summed E-state index contributed by atoms with van der Waals surface area (Å²) < 4.78 is 0. The van der Waals surface area contributed by atoms with E-state index in [0.717, 1.165) is 12.3 Å². The molecule has 3 heteroatoms. The first-order valence-corrected chi connectivity index (χ1v) is 3.38. The second-order valence-corrected chi connectivity index (χ2v) is 0.697. The molecule has 0 fully saturated rings. The molecule has 0 amide bonds. The summed E-state index contributed by atoms with van der Waals surface area (Å²) in [4.78, 5) is 9.43. The minimum absolute atomic E-state index is 0.861. The summed E-state index contributed by atoms with van der Waals surface area (Å²) in [5.41, 5.74) is 4.67. The molecular weight excluding hydrogens is 130 g/mol. The second-order valence-electron chi connectivity index (χ2n) is 0.697. The summed E-state index contributed by atoms with van der Waals surface area (Å²) in [7, 11) is 0. The summed E-state index contributed by atoms with van der Waals surface area (Å²) in [6, 6.07) is 0. The van der Waals surface area contributed by atoms with Gasteiger partial charge in [-0.3, -0.25) is 0 Å². The number of carboxylic acids is 1. The fourth-order valence-corrected chi connectivity index (χ4v) is 0.0823. The highest BCUT2D eigenvalue weighted by Crippen LogP contribution is 1.59.